The van der Waals surface area contributed by atoms with Gasteiger partial charge in [0, 0.05) is 30.2 Å². The SMILES string of the molecule is COc1ccc(-c2cc3nc(Cc4cccc(C)c4)cc(=O)n3[nH]2)c(OC)c1. The summed E-state index contributed by atoms with van der Waals surface area (Å²) in [6.07, 6.45) is 0.611. The van der Waals surface area contributed by atoms with Crippen LogP contribution in [0.3, 0.4) is 0 Å². The van der Waals surface area contributed by atoms with Crippen LogP contribution in [0.1, 0.15) is 16.8 Å². The van der Waals surface area contributed by atoms with Gasteiger partial charge in [-0.25, -0.2) is 9.50 Å². The highest BCUT2D eigenvalue weighted by molar-refractivity contribution is 5.71. The minimum absolute atomic E-state index is 0.147. The molecule has 0 fully saturated rings. The van der Waals surface area contributed by atoms with E-state index < -0.39 is 0 Å². The lowest BCUT2D eigenvalue weighted by Gasteiger charge is -2.08. The molecule has 0 bridgehead atoms. The summed E-state index contributed by atoms with van der Waals surface area (Å²) >= 11 is 0. The number of H-pyrrole nitrogens is 1. The maximum Gasteiger partial charge on any atom is 0.272 e. The number of hydrogen-bond acceptors (Lipinski definition) is 4. The van der Waals surface area contributed by atoms with Gasteiger partial charge in [-0.2, -0.15) is 0 Å². The van der Waals surface area contributed by atoms with Crippen LogP contribution in [0.2, 0.25) is 0 Å². The molecule has 0 aliphatic rings. The number of nitrogens with zero attached hydrogens (tertiary/aromatic N) is 2. The van der Waals surface area contributed by atoms with Crippen LogP contribution in [0.25, 0.3) is 16.9 Å². The normalized spacial score (nSPS) is 11.0. The molecule has 0 radical (unpaired) electrons. The molecule has 0 saturated carbocycles. The van der Waals surface area contributed by atoms with Gasteiger partial charge in [-0.15, -0.1) is 0 Å². The number of nitrogens with one attached hydrogen (secondary N) is 1. The van der Waals surface area contributed by atoms with E-state index in [4.69, 9.17) is 9.47 Å². The predicted octanol–water partition coefficient (Wildman–Crippen LogP) is 3.61. The molecule has 0 aliphatic carbocycles. The van der Waals surface area contributed by atoms with E-state index in [0.717, 1.165) is 22.5 Å². The molecule has 0 unspecified atom stereocenters. The zero-order valence-corrected chi connectivity index (χ0v) is 16.0. The lowest BCUT2D eigenvalue weighted by molar-refractivity contribution is 0.395. The number of rotatable bonds is 5. The summed E-state index contributed by atoms with van der Waals surface area (Å²) in [6.45, 7) is 2.05. The van der Waals surface area contributed by atoms with Crippen molar-refractivity contribution in [2.45, 2.75) is 13.3 Å². The summed E-state index contributed by atoms with van der Waals surface area (Å²) in [5.41, 5.74) is 5.05. The van der Waals surface area contributed by atoms with Crippen LogP contribution in [-0.2, 0) is 6.42 Å². The standard InChI is InChI=1S/C22H21N3O3/c1-14-5-4-6-15(9-14)10-16-11-22(26)25-21(23-16)13-19(24-25)18-8-7-17(27-2)12-20(18)28-3/h4-9,11-13,24H,10H2,1-3H3. The van der Waals surface area contributed by atoms with Gasteiger partial charge >= 0.3 is 0 Å². The van der Waals surface area contributed by atoms with Gasteiger partial charge in [0.05, 0.1) is 25.6 Å². The van der Waals surface area contributed by atoms with Gasteiger partial charge in [0.1, 0.15) is 11.5 Å². The Morgan fingerprint density at radius 1 is 1.04 bits per heavy atom. The number of methoxy groups -OCH3 is 2. The van der Waals surface area contributed by atoms with Crippen LogP contribution >= 0.6 is 0 Å². The number of aromatic amines is 1. The van der Waals surface area contributed by atoms with Crippen LogP contribution in [-0.4, -0.2) is 28.8 Å². The smallest absolute Gasteiger partial charge is 0.272 e. The third kappa shape index (κ3) is 3.36. The monoisotopic (exact) mass is 375 g/mol. The van der Waals surface area contributed by atoms with Crippen molar-refractivity contribution in [3.63, 3.8) is 0 Å². The summed E-state index contributed by atoms with van der Waals surface area (Å²) in [5, 5.41) is 3.11. The summed E-state index contributed by atoms with van der Waals surface area (Å²) in [5.74, 6) is 1.35. The molecule has 4 rings (SSSR count). The lowest BCUT2D eigenvalue weighted by atomic mass is 10.1. The Hall–Kier alpha value is -3.54. The summed E-state index contributed by atoms with van der Waals surface area (Å²) < 4.78 is 12.2. The molecule has 2 heterocycles. The summed E-state index contributed by atoms with van der Waals surface area (Å²) in [7, 11) is 3.21. The molecule has 2 aromatic heterocycles. The first kappa shape index (κ1) is 17.9. The fourth-order valence-corrected chi connectivity index (χ4v) is 3.32. The molecular formula is C22H21N3O3. The Morgan fingerprint density at radius 3 is 2.64 bits per heavy atom. The third-order valence-corrected chi connectivity index (χ3v) is 4.67. The Kier molecular flexibility index (Phi) is 4.61. The van der Waals surface area contributed by atoms with Crippen molar-refractivity contribution in [3.8, 4) is 22.8 Å². The van der Waals surface area contributed by atoms with Crippen molar-refractivity contribution in [1.82, 2.24) is 14.6 Å². The van der Waals surface area contributed by atoms with Gasteiger partial charge in [0.2, 0.25) is 0 Å². The fourth-order valence-electron chi connectivity index (χ4n) is 3.32. The maximum absolute atomic E-state index is 12.6. The largest absolute Gasteiger partial charge is 0.497 e. The van der Waals surface area contributed by atoms with E-state index in [1.807, 2.05) is 30.3 Å². The predicted molar refractivity (Wildman–Crippen MR) is 108 cm³/mol. The van der Waals surface area contributed by atoms with Gasteiger partial charge in [0.25, 0.3) is 5.56 Å². The Labute approximate surface area is 162 Å². The highest BCUT2D eigenvalue weighted by atomic mass is 16.5. The molecule has 6 nitrogen and oxygen atoms in total. The molecule has 2 aromatic carbocycles. The van der Waals surface area contributed by atoms with Gasteiger partial charge in [-0.05, 0) is 24.6 Å². The van der Waals surface area contributed by atoms with E-state index in [9.17, 15) is 4.79 Å². The first-order valence-electron chi connectivity index (χ1n) is 8.97. The molecule has 0 amide bonds. The Morgan fingerprint density at radius 2 is 1.89 bits per heavy atom. The van der Waals surface area contributed by atoms with Crippen molar-refractivity contribution in [2.24, 2.45) is 0 Å². The van der Waals surface area contributed by atoms with E-state index >= 15 is 0 Å². The molecule has 6 heteroatoms. The molecule has 0 atom stereocenters. The molecule has 0 aliphatic heterocycles. The van der Waals surface area contributed by atoms with Crippen molar-refractivity contribution in [2.75, 3.05) is 14.2 Å². The second kappa shape index (κ2) is 7.23. The van der Waals surface area contributed by atoms with Crippen LogP contribution in [0.5, 0.6) is 11.5 Å². The number of aromatic nitrogens is 3. The van der Waals surface area contributed by atoms with Crippen LogP contribution in [0, 0.1) is 6.92 Å². The van der Waals surface area contributed by atoms with Gasteiger partial charge in [-0.3, -0.25) is 9.89 Å². The van der Waals surface area contributed by atoms with Gasteiger partial charge in [-0.1, -0.05) is 29.8 Å². The van der Waals surface area contributed by atoms with E-state index in [0.29, 0.717) is 23.6 Å². The summed E-state index contributed by atoms with van der Waals surface area (Å²) in [6, 6.07) is 17.2. The van der Waals surface area contributed by atoms with Gasteiger partial charge in [0.15, 0.2) is 5.65 Å². The number of hydrogen-bond donors (Lipinski definition) is 1. The Balaban J connectivity index is 1.75. The molecule has 142 valence electrons. The number of fused-ring (bicyclic) bond motifs is 1. The number of benzene rings is 2. The quantitative estimate of drug-likeness (QED) is 0.579. The van der Waals surface area contributed by atoms with Crippen molar-refractivity contribution < 1.29 is 9.47 Å². The van der Waals surface area contributed by atoms with Crippen LogP contribution in [0.15, 0.2) is 59.4 Å². The maximum atomic E-state index is 12.6. The fraction of sp³-hybridized carbons (Fsp3) is 0.182. The first-order valence-corrected chi connectivity index (χ1v) is 8.97. The lowest BCUT2D eigenvalue weighted by Crippen LogP contribution is -2.15. The van der Waals surface area contributed by atoms with E-state index in [2.05, 4.69) is 29.1 Å². The summed E-state index contributed by atoms with van der Waals surface area (Å²) in [4.78, 5) is 17.3. The minimum atomic E-state index is -0.147. The molecule has 4 aromatic rings. The third-order valence-electron chi connectivity index (χ3n) is 4.67. The molecule has 0 spiro atoms. The second-order valence-electron chi connectivity index (χ2n) is 6.68. The molecule has 1 N–H and O–H groups in total. The Bertz CT molecular complexity index is 1210. The topological polar surface area (TPSA) is 68.6 Å². The zero-order valence-electron chi connectivity index (χ0n) is 16.0. The first-order chi connectivity index (χ1) is 13.6. The zero-order chi connectivity index (χ0) is 19.7. The molecular weight excluding hydrogens is 354 g/mol. The van der Waals surface area contributed by atoms with E-state index in [1.165, 1.54) is 10.1 Å². The molecule has 0 saturated heterocycles. The van der Waals surface area contributed by atoms with Crippen molar-refractivity contribution >= 4 is 5.65 Å². The van der Waals surface area contributed by atoms with Crippen LogP contribution in [0.4, 0.5) is 0 Å². The number of ether oxygens (including phenoxy) is 2. The van der Waals surface area contributed by atoms with Crippen molar-refractivity contribution in [1.29, 1.82) is 0 Å². The highest BCUT2D eigenvalue weighted by Crippen LogP contribution is 2.32. The second-order valence-corrected chi connectivity index (χ2v) is 6.68. The van der Waals surface area contributed by atoms with E-state index in [1.54, 1.807) is 26.4 Å². The average Bonchev–Trinajstić information content (AvgIpc) is 3.12. The highest BCUT2D eigenvalue weighted by Gasteiger charge is 2.13. The average molecular weight is 375 g/mol. The number of aryl methyl sites for hydroxylation is 1. The van der Waals surface area contributed by atoms with Crippen LogP contribution < -0.4 is 15.0 Å². The van der Waals surface area contributed by atoms with E-state index in [-0.39, 0.29) is 5.56 Å². The molecule has 28 heavy (non-hydrogen) atoms. The minimum Gasteiger partial charge on any atom is -0.497 e. The van der Waals surface area contributed by atoms with Crippen molar-refractivity contribution in [3.05, 3.63) is 81.8 Å². The van der Waals surface area contributed by atoms with Gasteiger partial charge < -0.3 is 9.47 Å².